The number of rotatable bonds is 5. The number of fused-ring (bicyclic) bond motifs is 1. The summed E-state index contributed by atoms with van der Waals surface area (Å²) in [4.78, 5) is 17.1. The molecule has 0 spiro atoms. The molecule has 1 amide bonds. The van der Waals surface area contributed by atoms with Gasteiger partial charge in [0, 0.05) is 13.1 Å². The number of para-hydroxylation sites is 2. The van der Waals surface area contributed by atoms with Crippen molar-refractivity contribution in [3.05, 3.63) is 41.7 Å². The van der Waals surface area contributed by atoms with Crippen molar-refractivity contribution in [3.8, 4) is 0 Å². The summed E-state index contributed by atoms with van der Waals surface area (Å²) in [7, 11) is 0. The van der Waals surface area contributed by atoms with Gasteiger partial charge in [-0.25, -0.2) is 4.98 Å². The van der Waals surface area contributed by atoms with Gasteiger partial charge in [0.15, 0.2) is 0 Å². The molecule has 4 heteroatoms. The van der Waals surface area contributed by atoms with Crippen LogP contribution in [0.4, 0.5) is 0 Å². The lowest BCUT2D eigenvalue weighted by atomic mass is 10.1. The van der Waals surface area contributed by atoms with Crippen LogP contribution in [0.2, 0.25) is 0 Å². The zero-order chi connectivity index (χ0) is 17.5. The molecule has 1 aromatic carbocycles. The van der Waals surface area contributed by atoms with E-state index in [0.29, 0.717) is 12.5 Å². The van der Waals surface area contributed by atoms with Crippen LogP contribution in [0.25, 0.3) is 11.0 Å². The van der Waals surface area contributed by atoms with Crippen molar-refractivity contribution in [1.82, 2.24) is 14.9 Å². The van der Waals surface area contributed by atoms with Crippen LogP contribution in [0.15, 0.2) is 35.9 Å². The molecule has 1 fully saturated rings. The summed E-state index contributed by atoms with van der Waals surface area (Å²) in [6.45, 7) is 11.9. The molecule has 0 unspecified atom stereocenters. The van der Waals surface area contributed by atoms with E-state index in [4.69, 9.17) is 0 Å². The molecule has 1 aliphatic carbocycles. The average molecular weight is 325 g/mol. The van der Waals surface area contributed by atoms with Crippen molar-refractivity contribution < 1.29 is 4.79 Å². The monoisotopic (exact) mass is 325 g/mol. The SMILES string of the molecule is CC(C)=C[C@H]1[C@H](C(=O)NCCn2c(C)nc3ccccc32)C1(C)C. The first-order chi connectivity index (χ1) is 11.3. The zero-order valence-corrected chi connectivity index (χ0v) is 15.3. The largest absolute Gasteiger partial charge is 0.354 e. The predicted octanol–water partition coefficient (Wildman–Crippen LogP) is 3.70. The van der Waals surface area contributed by atoms with E-state index < -0.39 is 0 Å². The van der Waals surface area contributed by atoms with Crippen molar-refractivity contribution >= 4 is 16.9 Å². The zero-order valence-electron chi connectivity index (χ0n) is 15.3. The number of nitrogens with zero attached hydrogens (tertiary/aromatic N) is 2. The van der Waals surface area contributed by atoms with Crippen molar-refractivity contribution in [2.24, 2.45) is 17.3 Å². The summed E-state index contributed by atoms with van der Waals surface area (Å²) in [5, 5.41) is 3.12. The van der Waals surface area contributed by atoms with Crippen LogP contribution >= 0.6 is 0 Å². The molecule has 2 atom stereocenters. The lowest BCUT2D eigenvalue weighted by Crippen LogP contribution is -2.30. The van der Waals surface area contributed by atoms with Crippen LogP contribution in [0.5, 0.6) is 0 Å². The minimum Gasteiger partial charge on any atom is -0.354 e. The molecule has 1 heterocycles. The third-order valence-electron chi connectivity index (χ3n) is 5.19. The molecular formula is C20H27N3O. The average Bonchev–Trinajstić information content (AvgIpc) is 2.88. The van der Waals surface area contributed by atoms with Gasteiger partial charge >= 0.3 is 0 Å². The minimum atomic E-state index is 0.0684. The molecule has 1 N–H and O–H groups in total. The maximum atomic E-state index is 12.5. The molecule has 1 saturated carbocycles. The number of aryl methyl sites for hydroxylation is 1. The fraction of sp³-hybridized carbons (Fsp3) is 0.500. The molecule has 2 aromatic rings. The van der Waals surface area contributed by atoms with Crippen LogP contribution in [0.3, 0.4) is 0 Å². The maximum absolute atomic E-state index is 12.5. The summed E-state index contributed by atoms with van der Waals surface area (Å²) < 4.78 is 2.17. The molecule has 128 valence electrons. The van der Waals surface area contributed by atoms with Gasteiger partial charge in [0.1, 0.15) is 5.82 Å². The van der Waals surface area contributed by atoms with Gasteiger partial charge in [-0.05, 0) is 44.2 Å². The van der Waals surface area contributed by atoms with Gasteiger partial charge in [0.05, 0.1) is 17.0 Å². The van der Waals surface area contributed by atoms with Gasteiger partial charge in [-0.15, -0.1) is 0 Å². The lowest BCUT2D eigenvalue weighted by Gasteiger charge is -2.09. The molecule has 1 aliphatic rings. The molecule has 0 bridgehead atoms. The van der Waals surface area contributed by atoms with Gasteiger partial charge in [-0.3, -0.25) is 4.79 Å². The Morgan fingerprint density at radius 1 is 1.33 bits per heavy atom. The van der Waals surface area contributed by atoms with Crippen LogP contribution in [-0.2, 0) is 11.3 Å². The molecule has 0 saturated heterocycles. The highest BCUT2D eigenvalue weighted by atomic mass is 16.2. The van der Waals surface area contributed by atoms with Gasteiger partial charge in [0.2, 0.25) is 5.91 Å². The van der Waals surface area contributed by atoms with E-state index in [9.17, 15) is 4.79 Å². The number of carbonyl (C=O) groups excluding carboxylic acids is 1. The third-order valence-corrected chi connectivity index (χ3v) is 5.19. The summed E-state index contributed by atoms with van der Waals surface area (Å²) in [6, 6.07) is 8.12. The Labute approximate surface area is 144 Å². The van der Waals surface area contributed by atoms with E-state index in [0.717, 1.165) is 23.4 Å². The topological polar surface area (TPSA) is 46.9 Å². The first kappa shape index (κ1) is 16.7. The summed E-state index contributed by atoms with van der Waals surface area (Å²) in [5.41, 5.74) is 3.48. The molecule has 1 aromatic heterocycles. The van der Waals surface area contributed by atoms with Crippen molar-refractivity contribution in [3.63, 3.8) is 0 Å². The Morgan fingerprint density at radius 3 is 2.75 bits per heavy atom. The smallest absolute Gasteiger partial charge is 0.224 e. The Morgan fingerprint density at radius 2 is 2.04 bits per heavy atom. The molecule has 4 nitrogen and oxygen atoms in total. The van der Waals surface area contributed by atoms with E-state index in [1.165, 1.54) is 5.57 Å². The van der Waals surface area contributed by atoms with Gasteiger partial charge < -0.3 is 9.88 Å². The number of benzene rings is 1. The molecular weight excluding hydrogens is 298 g/mol. The van der Waals surface area contributed by atoms with Gasteiger partial charge in [-0.2, -0.15) is 0 Å². The number of aromatic nitrogens is 2. The van der Waals surface area contributed by atoms with E-state index in [-0.39, 0.29) is 17.2 Å². The second-order valence-electron chi connectivity index (χ2n) is 7.66. The van der Waals surface area contributed by atoms with E-state index in [1.807, 2.05) is 25.1 Å². The second-order valence-corrected chi connectivity index (χ2v) is 7.66. The maximum Gasteiger partial charge on any atom is 0.224 e. The molecule has 0 aliphatic heterocycles. The van der Waals surface area contributed by atoms with Crippen LogP contribution < -0.4 is 5.32 Å². The Kier molecular flexibility index (Phi) is 4.24. The molecule has 0 radical (unpaired) electrons. The third kappa shape index (κ3) is 2.97. The number of allylic oxidation sites excluding steroid dienone is 2. The highest BCUT2D eigenvalue weighted by Gasteiger charge is 2.60. The fourth-order valence-corrected chi connectivity index (χ4v) is 3.73. The van der Waals surface area contributed by atoms with Gasteiger partial charge in [-0.1, -0.05) is 37.6 Å². The highest BCUT2D eigenvalue weighted by Crippen LogP contribution is 2.59. The number of nitrogens with one attached hydrogen (secondary N) is 1. The van der Waals surface area contributed by atoms with E-state index in [2.05, 4.69) is 54.7 Å². The number of carbonyl (C=O) groups is 1. The Hall–Kier alpha value is -2.10. The standard InChI is InChI=1S/C20H27N3O/c1-13(2)12-15-18(20(15,4)5)19(24)21-10-11-23-14(3)22-16-8-6-7-9-17(16)23/h6-9,12,15,18H,10-11H2,1-5H3,(H,21,24)/t15-,18+/m0/s1. The summed E-state index contributed by atoms with van der Waals surface area (Å²) in [5.74, 6) is 1.61. The minimum absolute atomic E-state index is 0.0684. The lowest BCUT2D eigenvalue weighted by molar-refractivity contribution is -0.123. The molecule has 3 rings (SSSR count). The van der Waals surface area contributed by atoms with Crippen molar-refractivity contribution in [1.29, 1.82) is 0 Å². The first-order valence-electron chi connectivity index (χ1n) is 8.67. The van der Waals surface area contributed by atoms with E-state index in [1.54, 1.807) is 0 Å². The number of hydrogen-bond acceptors (Lipinski definition) is 2. The second kappa shape index (κ2) is 6.08. The van der Waals surface area contributed by atoms with E-state index >= 15 is 0 Å². The predicted molar refractivity (Wildman–Crippen MR) is 97.7 cm³/mol. The van der Waals surface area contributed by atoms with Crippen LogP contribution in [0, 0.1) is 24.2 Å². The first-order valence-corrected chi connectivity index (χ1v) is 8.67. The number of imidazole rings is 1. The molecule has 24 heavy (non-hydrogen) atoms. The Balaban J connectivity index is 1.62. The van der Waals surface area contributed by atoms with Crippen molar-refractivity contribution in [2.45, 2.75) is 41.2 Å². The van der Waals surface area contributed by atoms with Crippen LogP contribution in [-0.4, -0.2) is 22.0 Å². The van der Waals surface area contributed by atoms with Crippen LogP contribution in [0.1, 0.15) is 33.5 Å². The fourth-order valence-electron chi connectivity index (χ4n) is 3.73. The highest BCUT2D eigenvalue weighted by molar-refractivity contribution is 5.83. The van der Waals surface area contributed by atoms with Crippen molar-refractivity contribution in [2.75, 3.05) is 6.54 Å². The summed E-state index contributed by atoms with van der Waals surface area (Å²) in [6.07, 6.45) is 2.23. The quantitative estimate of drug-likeness (QED) is 0.852. The normalized spacial score (nSPS) is 21.5. The Bertz CT molecular complexity index is 796. The summed E-state index contributed by atoms with van der Waals surface area (Å²) >= 11 is 0. The number of amides is 1. The van der Waals surface area contributed by atoms with Gasteiger partial charge in [0.25, 0.3) is 0 Å². The number of hydrogen-bond donors (Lipinski definition) is 1.